The average molecular weight is 282 g/mol. The van der Waals surface area contributed by atoms with Crippen LogP contribution in [0.2, 0.25) is 0 Å². The molecule has 0 amide bonds. The third-order valence-electron chi connectivity index (χ3n) is 3.41. The molecule has 1 aromatic heterocycles. The van der Waals surface area contributed by atoms with Gasteiger partial charge in [-0.15, -0.1) is 0 Å². The van der Waals surface area contributed by atoms with Crippen LogP contribution in [0.3, 0.4) is 0 Å². The Morgan fingerprint density at radius 3 is 2.38 bits per heavy atom. The van der Waals surface area contributed by atoms with E-state index < -0.39 is 0 Å². The second-order valence-electron chi connectivity index (χ2n) is 4.86. The number of hydrogen-bond acceptors (Lipinski definition) is 3. The molecular formula is C17H15FN2O. The summed E-state index contributed by atoms with van der Waals surface area (Å²) >= 11 is 0. The lowest BCUT2D eigenvalue weighted by molar-refractivity contribution is 0.386. The minimum atomic E-state index is -0.278. The molecule has 0 aliphatic heterocycles. The zero-order chi connectivity index (χ0) is 14.7. The summed E-state index contributed by atoms with van der Waals surface area (Å²) in [5, 5.41) is 3.84. The molecule has 0 bridgehead atoms. The molecule has 3 aromatic rings. The number of nitrogens with zero attached hydrogens (tertiary/aromatic N) is 1. The van der Waals surface area contributed by atoms with Gasteiger partial charge in [0, 0.05) is 6.42 Å². The molecule has 4 heteroatoms. The van der Waals surface area contributed by atoms with Crippen molar-refractivity contribution in [3.63, 3.8) is 0 Å². The van der Waals surface area contributed by atoms with E-state index in [1.54, 1.807) is 12.1 Å². The number of hydrogen-bond donors (Lipinski definition) is 1. The first kappa shape index (κ1) is 13.4. The summed E-state index contributed by atoms with van der Waals surface area (Å²) in [5.74, 6) is 0.784. The highest BCUT2D eigenvalue weighted by molar-refractivity contribution is 5.75. The number of benzene rings is 2. The summed E-state index contributed by atoms with van der Waals surface area (Å²) in [6.45, 7) is 0. The zero-order valence-corrected chi connectivity index (χ0v) is 11.4. The van der Waals surface area contributed by atoms with E-state index in [0.29, 0.717) is 12.2 Å². The molecule has 1 heterocycles. The SMILES string of the molecule is Nc1noc(CCc2ccccc2)c1-c1ccc(F)cc1. The molecule has 0 aliphatic carbocycles. The Morgan fingerprint density at radius 2 is 1.67 bits per heavy atom. The lowest BCUT2D eigenvalue weighted by Crippen LogP contribution is -1.94. The number of anilines is 1. The number of nitrogens with two attached hydrogens (primary N) is 1. The summed E-state index contributed by atoms with van der Waals surface area (Å²) in [6.07, 6.45) is 1.53. The van der Waals surface area contributed by atoms with E-state index in [1.807, 2.05) is 18.2 Å². The monoisotopic (exact) mass is 282 g/mol. The second kappa shape index (κ2) is 5.79. The normalized spacial score (nSPS) is 10.7. The molecule has 3 nitrogen and oxygen atoms in total. The number of rotatable bonds is 4. The lowest BCUT2D eigenvalue weighted by atomic mass is 10.0. The number of nitrogen functional groups attached to an aromatic ring is 1. The summed E-state index contributed by atoms with van der Waals surface area (Å²) in [7, 11) is 0. The summed E-state index contributed by atoms with van der Waals surface area (Å²) in [6, 6.07) is 16.3. The molecule has 0 saturated heterocycles. The van der Waals surface area contributed by atoms with Gasteiger partial charge in [-0.2, -0.15) is 0 Å². The Labute approximate surface area is 122 Å². The fourth-order valence-electron chi connectivity index (χ4n) is 2.34. The van der Waals surface area contributed by atoms with Crippen LogP contribution in [0.4, 0.5) is 10.2 Å². The van der Waals surface area contributed by atoms with Crippen LogP contribution in [0.1, 0.15) is 11.3 Å². The molecule has 3 rings (SSSR count). The Balaban J connectivity index is 1.85. The third-order valence-corrected chi connectivity index (χ3v) is 3.41. The Kier molecular flexibility index (Phi) is 3.69. The maximum Gasteiger partial charge on any atom is 0.175 e. The standard InChI is InChI=1S/C17H15FN2O/c18-14-9-7-13(8-10-14)16-15(21-20-17(16)19)11-6-12-4-2-1-3-5-12/h1-5,7-10H,6,11H2,(H2,19,20). The predicted octanol–water partition coefficient (Wildman–Crippen LogP) is 3.85. The fourth-order valence-corrected chi connectivity index (χ4v) is 2.34. The van der Waals surface area contributed by atoms with Gasteiger partial charge in [-0.3, -0.25) is 0 Å². The van der Waals surface area contributed by atoms with Gasteiger partial charge in [0.15, 0.2) is 5.82 Å². The third kappa shape index (κ3) is 2.94. The van der Waals surface area contributed by atoms with Crippen molar-refractivity contribution in [2.75, 3.05) is 5.73 Å². The molecule has 2 N–H and O–H groups in total. The highest BCUT2D eigenvalue weighted by atomic mass is 19.1. The number of aryl methyl sites for hydroxylation is 2. The van der Waals surface area contributed by atoms with Crippen LogP contribution in [0.15, 0.2) is 59.1 Å². The van der Waals surface area contributed by atoms with Gasteiger partial charge in [-0.25, -0.2) is 4.39 Å². The van der Waals surface area contributed by atoms with Crippen molar-refractivity contribution in [1.82, 2.24) is 5.16 Å². The molecule has 0 unspecified atom stereocenters. The largest absolute Gasteiger partial charge is 0.380 e. The molecule has 21 heavy (non-hydrogen) atoms. The van der Waals surface area contributed by atoms with Gasteiger partial charge >= 0.3 is 0 Å². The quantitative estimate of drug-likeness (QED) is 0.790. The maximum absolute atomic E-state index is 13.0. The molecule has 0 spiro atoms. The van der Waals surface area contributed by atoms with Crippen molar-refractivity contribution < 1.29 is 8.91 Å². The first-order valence-corrected chi connectivity index (χ1v) is 6.78. The van der Waals surface area contributed by atoms with E-state index in [1.165, 1.54) is 17.7 Å². The maximum atomic E-state index is 13.0. The summed E-state index contributed by atoms with van der Waals surface area (Å²) < 4.78 is 18.4. The topological polar surface area (TPSA) is 52.0 Å². The number of aromatic nitrogens is 1. The van der Waals surface area contributed by atoms with Crippen LogP contribution in [0.25, 0.3) is 11.1 Å². The van der Waals surface area contributed by atoms with Crippen molar-refractivity contribution in [2.45, 2.75) is 12.8 Å². The van der Waals surface area contributed by atoms with Crippen molar-refractivity contribution in [3.05, 3.63) is 71.7 Å². The highest BCUT2D eigenvalue weighted by Crippen LogP contribution is 2.30. The van der Waals surface area contributed by atoms with Gasteiger partial charge in [-0.1, -0.05) is 47.6 Å². The molecule has 0 aliphatic rings. The van der Waals surface area contributed by atoms with Gasteiger partial charge in [0.1, 0.15) is 11.6 Å². The Hall–Kier alpha value is -2.62. The van der Waals surface area contributed by atoms with Crippen molar-refractivity contribution in [2.24, 2.45) is 0 Å². The van der Waals surface area contributed by atoms with Crippen LogP contribution in [0.5, 0.6) is 0 Å². The average Bonchev–Trinajstić information content (AvgIpc) is 2.88. The molecule has 2 aromatic carbocycles. The van der Waals surface area contributed by atoms with Crippen LogP contribution < -0.4 is 5.73 Å². The highest BCUT2D eigenvalue weighted by Gasteiger charge is 2.15. The molecule has 0 saturated carbocycles. The number of halogens is 1. The first-order valence-electron chi connectivity index (χ1n) is 6.78. The fraction of sp³-hybridized carbons (Fsp3) is 0.118. The van der Waals surface area contributed by atoms with E-state index in [-0.39, 0.29) is 5.82 Å². The van der Waals surface area contributed by atoms with Gasteiger partial charge in [0.25, 0.3) is 0 Å². The lowest BCUT2D eigenvalue weighted by Gasteiger charge is -2.03. The Morgan fingerprint density at radius 1 is 0.952 bits per heavy atom. The van der Waals surface area contributed by atoms with E-state index in [4.69, 9.17) is 10.3 Å². The van der Waals surface area contributed by atoms with E-state index in [2.05, 4.69) is 17.3 Å². The first-order chi connectivity index (χ1) is 10.2. The second-order valence-corrected chi connectivity index (χ2v) is 4.86. The van der Waals surface area contributed by atoms with E-state index in [0.717, 1.165) is 23.3 Å². The van der Waals surface area contributed by atoms with Crippen molar-refractivity contribution in [1.29, 1.82) is 0 Å². The van der Waals surface area contributed by atoms with Gasteiger partial charge in [-0.05, 0) is 29.7 Å². The summed E-state index contributed by atoms with van der Waals surface area (Å²) in [4.78, 5) is 0. The molecule has 0 radical (unpaired) electrons. The molecule has 106 valence electrons. The molecule has 0 fully saturated rings. The summed E-state index contributed by atoms with van der Waals surface area (Å²) in [5.41, 5.74) is 8.68. The van der Waals surface area contributed by atoms with Crippen molar-refractivity contribution in [3.8, 4) is 11.1 Å². The predicted molar refractivity (Wildman–Crippen MR) is 80.2 cm³/mol. The Bertz CT molecular complexity index is 720. The van der Waals surface area contributed by atoms with Gasteiger partial charge < -0.3 is 10.3 Å². The van der Waals surface area contributed by atoms with Gasteiger partial charge in [0.05, 0.1) is 5.56 Å². The van der Waals surface area contributed by atoms with E-state index >= 15 is 0 Å². The van der Waals surface area contributed by atoms with Crippen LogP contribution >= 0.6 is 0 Å². The van der Waals surface area contributed by atoms with Crippen LogP contribution in [0, 0.1) is 5.82 Å². The smallest absolute Gasteiger partial charge is 0.175 e. The minimum Gasteiger partial charge on any atom is -0.380 e. The van der Waals surface area contributed by atoms with Crippen LogP contribution in [-0.2, 0) is 12.8 Å². The van der Waals surface area contributed by atoms with E-state index in [9.17, 15) is 4.39 Å². The zero-order valence-electron chi connectivity index (χ0n) is 11.4. The van der Waals surface area contributed by atoms with Gasteiger partial charge in [0.2, 0.25) is 0 Å². The minimum absolute atomic E-state index is 0.278. The molecular weight excluding hydrogens is 267 g/mol. The molecule has 0 atom stereocenters. The van der Waals surface area contributed by atoms with Crippen molar-refractivity contribution >= 4 is 5.82 Å². The van der Waals surface area contributed by atoms with Crippen LogP contribution in [-0.4, -0.2) is 5.16 Å².